The highest BCUT2D eigenvalue weighted by atomic mass is 19.4. The molecule has 0 atom stereocenters. The van der Waals surface area contributed by atoms with Gasteiger partial charge in [-0.3, -0.25) is 0 Å². The maximum absolute atomic E-state index is 15.2. The highest BCUT2D eigenvalue weighted by Crippen LogP contribution is 2.26. The third-order valence-corrected chi connectivity index (χ3v) is 6.30. The largest absolute Gasteiger partial charge is 0.481 e. The second kappa shape index (κ2) is 11.1. The normalized spacial score (nSPS) is 11.7. The van der Waals surface area contributed by atoms with Gasteiger partial charge in [0, 0.05) is 5.39 Å². The Labute approximate surface area is 207 Å². The fourth-order valence-electron chi connectivity index (χ4n) is 4.22. The third-order valence-electron chi connectivity index (χ3n) is 6.30. The SMILES string of the molecule is CCc1ccc(CCc2ccc3c(F)c(CCc4ccc(OCC(F)(F)F)c(F)c4)ccc3c2)cc1. The number of benzene rings is 4. The Morgan fingerprint density at radius 3 is 1.97 bits per heavy atom. The van der Waals surface area contributed by atoms with E-state index in [-0.39, 0.29) is 5.82 Å². The van der Waals surface area contributed by atoms with Crippen molar-refractivity contribution in [2.75, 3.05) is 6.61 Å². The van der Waals surface area contributed by atoms with Crippen molar-refractivity contribution in [1.29, 1.82) is 0 Å². The average molecular weight is 499 g/mol. The number of rotatable bonds is 9. The molecular weight excluding hydrogens is 471 g/mol. The van der Waals surface area contributed by atoms with E-state index < -0.39 is 24.3 Å². The third kappa shape index (κ3) is 6.62. The molecule has 188 valence electrons. The first-order chi connectivity index (χ1) is 17.2. The highest BCUT2D eigenvalue weighted by molar-refractivity contribution is 5.84. The van der Waals surface area contributed by atoms with Gasteiger partial charge in [-0.25, -0.2) is 8.78 Å². The van der Waals surface area contributed by atoms with Gasteiger partial charge in [0.25, 0.3) is 0 Å². The smallest absolute Gasteiger partial charge is 0.422 e. The molecule has 0 aliphatic heterocycles. The molecule has 36 heavy (non-hydrogen) atoms. The zero-order valence-electron chi connectivity index (χ0n) is 20.0. The predicted octanol–water partition coefficient (Wildman–Crippen LogP) is 8.19. The van der Waals surface area contributed by atoms with Gasteiger partial charge in [-0.05, 0) is 77.4 Å². The molecule has 4 aromatic rings. The highest BCUT2D eigenvalue weighted by Gasteiger charge is 2.29. The fourth-order valence-corrected chi connectivity index (χ4v) is 4.22. The van der Waals surface area contributed by atoms with Gasteiger partial charge in [0.1, 0.15) is 5.82 Å². The van der Waals surface area contributed by atoms with Gasteiger partial charge in [-0.2, -0.15) is 13.2 Å². The second-order valence-corrected chi connectivity index (χ2v) is 8.93. The predicted molar refractivity (Wildman–Crippen MR) is 132 cm³/mol. The van der Waals surface area contributed by atoms with Crippen LogP contribution in [0.15, 0.2) is 72.8 Å². The first-order valence-electron chi connectivity index (χ1n) is 12.0. The van der Waals surface area contributed by atoms with Gasteiger partial charge in [-0.1, -0.05) is 67.6 Å². The van der Waals surface area contributed by atoms with E-state index in [1.54, 1.807) is 12.1 Å². The molecule has 0 spiro atoms. The Balaban J connectivity index is 1.39. The lowest BCUT2D eigenvalue weighted by molar-refractivity contribution is -0.153. The lowest BCUT2D eigenvalue weighted by atomic mass is 9.97. The van der Waals surface area contributed by atoms with Crippen molar-refractivity contribution >= 4 is 10.8 Å². The summed E-state index contributed by atoms with van der Waals surface area (Å²) >= 11 is 0. The molecule has 0 saturated heterocycles. The molecule has 0 saturated carbocycles. The Morgan fingerprint density at radius 1 is 0.667 bits per heavy atom. The molecule has 0 amide bonds. The zero-order valence-corrected chi connectivity index (χ0v) is 20.0. The summed E-state index contributed by atoms with van der Waals surface area (Å²) < 4.78 is 70.6. The van der Waals surface area contributed by atoms with Crippen LogP contribution in [0, 0.1) is 11.6 Å². The van der Waals surface area contributed by atoms with Gasteiger partial charge in [-0.15, -0.1) is 0 Å². The Kier molecular flexibility index (Phi) is 7.92. The van der Waals surface area contributed by atoms with Gasteiger partial charge < -0.3 is 4.74 Å². The molecule has 0 aromatic heterocycles. The Bertz CT molecular complexity index is 1330. The zero-order chi connectivity index (χ0) is 25.7. The lowest BCUT2D eigenvalue weighted by Crippen LogP contribution is -2.19. The van der Waals surface area contributed by atoms with E-state index in [0.717, 1.165) is 36.3 Å². The summed E-state index contributed by atoms with van der Waals surface area (Å²) in [5.41, 5.74) is 4.77. The minimum atomic E-state index is -4.54. The number of fused-ring (bicyclic) bond motifs is 1. The van der Waals surface area contributed by atoms with E-state index in [4.69, 9.17) is 0 Å². The van der Waals surface area contributed by atoms with Gasteiger partial charge >= 0.3 is 6.18 Å². The molecule has 0 radical (unpaired) electrons. The summed E-state index contributed by atoms with van der Waals surface area (Å²) in [5.74, 6) is -1.63. The monoisotopic (exact) mass is 498 g/mol. The molecule has 0 unspecified atom stereocenters. The van der Waals surface area contributed by atoms with Crippen LogP contribution in [0.5, 0.6) is 5.75 Å². The molecule has 0 N–H and O–H groups in total. The first kappa shape index (κ1) is 25.7. The summed E-state index contributed by atoms with van der Waals surface area (Å²) in [4.78, 5) is 0. The molecule has 6 heteroatoms. The molecule has 4 rings (SSSR count). The van der Waals surface area contributed by atoms with E-state index in [0.29, 0.717) is 29.4 Å². The van der Waals surface area contributed by atoms with E-state index in [2.05, 4.69) is 35.9 Å². The van der Waals surface area contributed by atoms with Crippen LogP contribution in [0.1, 0.15) is 34.7 Å². The van der Waals surface area contributed by atoms with Crippen molar-refractivity contribution in [3.05, 3.63) is 112 Å². The van der Waals surface area contributed by atoms with Crippen LogP contribution in [-0.4, -0.2) is 12.8 Å². The van der Waals surface area contributed by atoms with E-state index in [9.17, 15) is 17.6 Å². The van der Waals surface area contributed by atoms with Crippen molar-refractivity contribution in [3.8, 4) is 5.75 Å². The van der Waals surface area contributed by atoms with Crippen molar-refractivity contribution in [3.63, 3.8) is 0 Å². The number of alkyl halides is 3. The summed E-state index contributed by atoms with van der Waals surface area (Å²) in [6.45, 7) is 0.575. The minimum Gasteiger partial charge on any atom is -0.481 e. The van der Waals surface area contributed by atoms with Gasteiger partial charge in [0.15, 0.2) is 18.2 Å². The maximum Gasteiger partial charge on any atom is 0.422 e. The first-order valence-corrected chi connectivity index (χ1v) is 12.0. The van der Waals surface area contributed by atoms with Crippen LogP contribution in [0.4, 0.5) is 22.0 Å². The Hall–Kier alpha value is -3.41. The second-order valence-electron chi connectivity index (χ2n) is 8.93. The van der Waals surface area contributed by atoms with E-state index in [1.165, 1.54) is 23.3 Å². The minimum absolute atomic E-state index is 0.306. The van der Waals surface area contributed by atoms with Crippen molar-refractivity contribution < 1.29 is 26.7 Å². The molecule has 0 bridgehead atoms. The standard InChI is InChI=1S/C30H27F5O/c1-2-20-3-5-21(6-4-20)7-8-22-10-15-26-25(17-22)14-13-24(29(26)32)12-9-23-11-16-28(27(31)18-23)36-19-30(33,34)35/h3-6,10-11,13-18H,2,7-9,12,19H2,1H3. The van der Waals surface area contributed by atoms with E-state index >= 15 is 4.39 Å². The summed E-state index contributed by atoms with van der Waals surface area (Å²) in [6, 6.07) is 21.8. The van der Waals surface area contributed by atoms with E-state index in [1.807, 2.05) is 18.2 Å². The lowest BCUT2D eigenvalue weighted by Gasteiger charge is -2.11. The van der Waals surface area contributed by atoms with Gasteiger partial charge in [0.05, 0.1) is 0 Å². The summed E-state index contributed by atoms with van der Waals surface area (Å²) in [7, 11) is 0. The number of hydrogen-bond acceptors (Lipinski definition) is 1. The van der Waals surface area contributed by atoms with Crippen LogP contribution in [0.25, 0.3) is 10.8 Å². The van der Waals surface area contributed by atoms with Crippen molar-refractivity contribution in [2.24, 2.45) is 0 Å². The van der Waals surface area contributed by atoms with Crippen LogP contribution in [0.3, 0.4) is 0 Å². The van der Waals surface area contributed by atoms with Crippen LogP contribution in [-0.2, 0) is 32.1 Å². The fraction of sp³-hybridized carbons (Fsp3) is 0.267. The molecule has 0 fully saturated rings. The average Bonchev–Trinajstić information content (AvgIpc) is 2.86. The molecular formula is C30H27F5O. The molecule has 0 aliphatic rings. The molecule has 0 heterocycles. The summed E-state index contributed by atoms with van der Waals surface area (Å²) in [5, 5.41) is 1.36. The van der Waals surface area contributed by atoms with Crippen LogP contribution in [0.2, 0.25) is 0 Å². The number of halogens is 5. The van der Waals surface area contributed by atoms with Crippen molar-refractivity contribution in [2.45, 2.75) is 45.2 Å². The molecule has 0 aliphatic carbocycles. The Morgan fingerprint density at radius 2 is 1.28 bits per heavy atom. The van der Waals surface area contributed by atoms with Crippen molar-refractivity contribution in [1.82, 2.24) is 0 Å². The topological polar surface area (TPSA) is 9.23 Å². The van der Waals surface area contributed by atoms with Crippen LogP contribution >= 0.6 is 0 Å². The molecule has 4 aromatic carbocycles. The quantitative estimate of drug-likeness (QED) is 0.211. The number of aryl methyl sites for hydroxylation is 5. The molecule has 1 nitrogen and oxygen atoms in total. The van der Waals surface area contributed by atoms with Gasteiger partial charge in [0.2, 0.25) is 0 Å². The maximum atomic E-state index is 15.2. The summed E-state index contributed by atoms with van der Waals surface area (Å²) in [6.07, 6.45) is -1.08. The number of hydrogen-bond donors (Lipinski definition) is 0. The number of ether oxygens (including phenoxy) is 1. The van der Waals surface area contributed by atoms with Crippen LogP contribution < -0.4 is 4.74 Å².